The summed E-state index contributed by atoms with van der Waals surface area (Å²) >= 11 is 6.37. The van der Waals surface area contributed by atoms with E-state index in [9.17, 15) is 4.79 Å². The molecule has 1 aromatic rings. The highest BCUT2D eigenvalue weighted by atomic mass is 35.5. The molecule has 4 heteroatoms. The molecule has 0 fully saturated rings. The lowest BCUT2D eigenvalue weighted by Gasteiger charge is -2.04. The Morgan fingerprint density at radius 2 is 2.14 bits per heavy atom. The molecule has 0 atom stereocenters. The molecule has 112 valence electrons. The standard InChI is InChI=1S/C17H20ClNO2/c1-6-19-15-9-8-11(3)16(13(15)5)14(18)10-12(4)17(20)21-7-2/h6,8-10H,3,7H2,1-2,4-5H3/b12-10+,16-14-,19-6-. The third kappa shape index (κ3) is 4.30. The Labute approximate surface area is 130 Å². The zero-order valence-electron chi connectivity index (χ0n) is 12.9. The highest BCUT2D eigenvalue weighted by Crippen LogP contribution is 2.15. The normalized spacial score (nSPS) is 13.5. The van der Waals surface area contributed by atoms with Crippen molar-refractivity contribution in [2.24, 2.45) is 4.99 Å². The summed E-state index contributed by atoms with van der Waals surface area (Å²) in [6.07, 6.45) is 3.33. The fourth-order valence-electron chi connectivity index (χ4n) is 1.93. The third-order valence-electron chi connectivity index (χ3n) is 2.97. The SMILES string of the molecule is C=c1ccc(/N=C\C)c(C)/c1=C(Cl)/C=C(\C)C(=O)OCC. The monoisotopic (exact) mass is 305 g/mol. The minimum Gasteiger partial charge on any atom is -0.463 e. The van der Waals surface area contributed by atoms with Crippen molar-refractivity contribution in [3.8, 4) is 0 Å². The summed E-state index contributed by atoms with van der Waals surface area (Å²) in [5.41, 5.74) is 2.21. The van der Waals surface area contributed by atoms with E-state index in [0.717, 1.165) is 21.7 Å². The van der Waals surface area contributed by atoms with Gasteiger partial charge in [-0.1, -0.05) is 24.2 Å². The first-order chi connectivity index (χ1) is 9.92. The molecule has 0 amide bonds. The summed E-state index contributed by atoms with van der Waals surface area (Å²) in [6.45, 7) is 11.6. The third-order valence-corrected chi connectivity index (χ3v) is 3.27. The molecule has 0 aromatic heterocycles. The predicted molar refractivity (Wildman–Crippen MR) is 89.4 cm³/mol. The van der Waals surface area contributed by atoms with Gasteiger partial charge in [0.05, 0.1) is 12.3 Å². The topological polar surface area (TPSA) is 38.7 Å². The number of halogens is 1. The minimum atomic E-state index is -0.373. The lowest BCUT2D eigenvalue weighted by Crippen LogP contribution is -2.27. The van der Waals surface area contributed by atoms with Gasteiger partial charge in [-0.15, -0.1) is 0 Å². The smallest absolute Gasteiger partial charge is 0.333 e. The van der Waals surface area contributed by atoms with Gasteiger partial charge in [0.2, 0.25) is 0 Å². The van der Waals surface area contributed by atoms with Gasteiger partial charge < -0.3 is 4.74 Å². The van der Waals surface area contributed by atoms with Crippen molar-refractivity contribution in [1.82, 2.24) is 0 Å². The van der Waals surface area contributed by atoms with Crippen LogP contribution in [0, 0.1) is 6.92 Å². The van der Waals surface area contributed by atoms with Gasteiger partial charge in [-0.3, -0.25) is 4.99 Å². The summed E-state index contributed by atoms with van der Waals surface area (Å²) in [5, 5.41) is 2.04. The van der Waals surface area contributed by atoms with Crippen LogP contribution in [0.5, 0.6) is 0 Å². The molecule has 0 aliphatic heterocycles. The van der Waals surface area contributed by atoms with Crippen molar-refractivity contribution in [1.29, 1.82) is 0 Å². The van der Waals surface area contributed by atoms with E-state index in [1.807, 2.05) is 26.0 Å². The maximum atomic E-state index is 11.6. The quantitative estimate of drug-likeness (QED) is 0.487. The van der Waals surface area contributed by atoms with Crippen LogP contribution in [0.15, 0.2) is 28.8 Å². The molecular weight excluding hydrogens is 286 g/mol. The van der Waals surface area contributed by atoms with E-state index in [-0.39, 0.29) is 5.97 Å². The highest BCUT2D eigenvalue weighted by molar-refractivity contribution is 6.47. The first-order valence-corrected chi connectivity index (χ1v) is 7.12. The molecule has 0 spiro atoms. The van der Waals surface area contributed by atoms with E-state index in [1.54, 1.807) is 26.1 Å². The van der Waals surface area contributed by atoms with Gasteiger partial charge in [-0.2, -0.15) is 0 Å². The zero-order chi connectivity index (χ0) is 16.0. The lowest BCUT2D eigenvalue weighted by molar-refractivity contribution is -0.138. The molecule has 0 saturated carbocycles. The van der Waals surface area contributed by atoms with Gasteiger partial charge in [-0.25, -0.2) is 4.79 Å². The fourth-order valence-corrected chi connectivity index (χ4v) is 2.36. The number of carbonyl (C=O) groups is 1. The van der Waals surface area contributed by atoms with Gasteiger partial charge in [-0.05, 0) is 50.6 Å². The van der Waals surface area contributed by atoms with Gasteiger partial charge in [0.15, 0.2) is 0 Å². The van der Waals surface area contributed by atoms with Crippen LogP contribution in [-0.2, 0) is 9.53 Å². The summed E-state index contributed by atoms with van der Waals surface area (Å²) < 4.78 is 4.94. The maximum absolute atomic E-state index is 11.6. The van der Waals surface area contributed by atoms with Gasteiger partial charge in [0.25, 0.3) is 0 Å². The van der Waals surface area contributed by atoms with Crippen LogP contribution in [0.1, 0.15) is 26.3 Å². The Kier molecular flexibility index (Phi) is 6.38. The second-order valence-corrected chi connectivity index (χ2v) is 4.93. The van der Waals surface area contributed by atoms with Crippen LogP contribution in [-0.4, -0.2) is 18.8 Å². The zero-order valence-corrected chi connectivity index (χ0v) is 13.6. The van der Waals surface area contributed by atoms with Crippen molar-refractivity contribution in [2.45, 2.75) is 27.7 Å². The predicted octanol–water partition coefficient (Wildman–Crippen LogP) is 2.98. The first kappa shape index (κ1) is 17.2. The van der Waals surface area contributed by atoms with E-state index in [2.05, 4.69) is 11.6 Å². The molecule has 0 aliphatic rings. The van der Waals surface area contributed by atoms with Crippen LogP contribution in [0.2, 0.25) is 0 Å². The summed E-state index contributed by atoms with van der Waals surface area (Å²) in [7, 11) is 0. The average Bonchev–Trinajstić information content (AvgIpc) is 2.42. The van der Waals surface area contributed by atoms with Crippen LogP contribution < -0.4 is 10.4 Å². The Bertz CT molecular complexity index is 702. The number of hydrogen-bond donors (Lipinski definition) is 0. The molecule has 0 N–H and O–H groups in total. The van der Waals surface area contributed by atoms with Gasteiger partial charge >= 0.3 is 5.97 Å². The molecule has 3 nitrogen and oxygen atoms in total. The number of ether oxygens (including phenoxy) is 1. The van der Waals surface area contributed by atoms with Crippen LogP contribution in [0.3, 0.4) is 0 Å². The maximum Gasteiger partial charge on any atom is 0.333 e. The van der Waals surface area contributed by atoms with E-state index >= 15 is 0 Å². The Morgan fingerprint density at radius 1 is 1.48 bits per heavy atom. The highest BCUT2D eigenvalue weighted by Gasteiger charge is 2.07. The number of esters is 1. The van der Waals surface area contributed by atoms with Crippen LogP contribution >= 0.6 is 11.6 Å². The van der Waals surface area contributed by atoms with E-state index in [1.165, 1.54) is 0 Å². The van der Waals surface area contributed by atoms with Crippen molar-refractivity contribution in [3.05, 3.63) is 39.8 Å². The number of aliphatic imine (C=N–C) groups is 1. The molecule has 0 unspecified atom stereocenters. The molecule has 0 radical (unpaired) electrons. The van der Waals surface area contributed by atoms with Crippen LogP contribution in [0.25, 0.3) is 11.6 Å². The molecule has 1 aromatic carbocycles. The fraction of sp³-hybridized carbons (Fsp3) is 0.294. The second kappa shape index (κ2) is 7.79. The second-order valence-electron chi connectivity index (χ2n) is 4.53. The molecular formula is C17H20ClNO2. The number of benzene rings is 1. The largest absolute Gasteiger partial charge is 0.463 e. The summed E-state index contributed by atoms with van der Waals surface area (Å²) in [4.78, 5) is 15.9. The summed E-state index contributed by atoms with van der Waals surface area (Å²) in [5.74, 6) is -0.373. The number of nitrogens with zero attached hydrogens (tertiary/aromatic N) is 1. The van der Waals surface area contributed by atoms with E-state index < -0.39 is 0 Å². The van der Waals surface area contributed by atoms with Gasteiger partial charge in [0.1, 0.15) is 0 Å². The van der Waals surface area contributed by atoms with Crippen molar-refractivity contribution >= 4 is 41.1 Å². The first-order valence-electron chi connectivity index (χ1n) is 6.74. The van der Waals surface area contributed by atoms with Gasteiger partial charge in [0, 0.05) is 22.0 Å². The Balaban J connectivity index is 3.49. The number of allylic oxidation sites excluding steroid dienone is 1. The summed E-state index contributed by atoms with van der Waals surface area (Å²) in [6, 6.07) is 3.76. The molecule has 0 heterocycles. The van der Waals surface area contributed by atoms with Crippen molar-refractivity contribution in [2.75, 3.05) is 6.61 Å². The molecule has 0 saturated heterocycles. The number of hydrogen-bond acceptors (Lipinski definition) is 3. The number of rotatable bonds is 4. The average molecular weight is 306 g/mol. The molecule has 21 heavy (non-hydrogen) atoms. The molecule has 0 bridgehead atoms. The van der Waals surface area contributed by atoms with Crippen molar-refractivity contribution < 1.29 is 9.53 Å². The molecule has 1 rings (SSSR count). The number of carbonyl (C=O) groups excluding carboxylic acids is 1. The molecule has 0 aliphatic carbocycles. The lowest BCUT2D eigenvalue weighted by atomic mass is 10.1. The van der Waals surface area contributed by atoms with Crippen molar-refractivity contribution in [3.63, 3.8) is 0 Å². The van der Waals surface area contributed by atoms with E-state index in [4.69, 9.17) is 16.3 Å². The Hall–Kier alpha value is -1.87. The minimum absolute atomic E-state index is 0.335. The van der Waals surface area contributed by atoms with Crippen LogP contribution in [0.4, 0.5) is 5.69 Å². The van der Waals surface area contributed by atoms with E-state index in [0.29, 0.717) is 17.2 Å². The Morgan fingerprint density at radius 3 is 2.71 bits per heavy atom.